The van der Waals surface area contributed by atoms with Crippen molar-refractivity contribution in [3.05, 3.63) is 41.4 Å². The Morgan fingerprint density at radius 2 is 2.36 bits per heavy atom. The summed E-state index contributed by atoms with van der Waals surface area (Å²) < 4.78 is 2.23. The standard InChI is InChI=1S/C18H24N6S/c1-2-7-24-13-20-22-18(24)14-5-3-8-23(11-14)12-15-10-19-21-17(15)16-6-4-9-25-16/h4,6,9-10,13-14H,2-3,5,7-8,11-12H2,1H3,(H,19,21)/t14-/m1/s1. The van der Waals surface area contributed by atoms with Gasteiger partial charge in [0.1, 0.15) is 12.2 Å². The average molecular weight is 356 g/mol. The van der Waals surface area contributed by atoms with Crippen molar-refractivity contribution in [1.82, 2.24) is 29.9 Å². The van der Waals surface area contributed by atoms with Crippen molar-refractivity contribution in [2.45, 2.75) is 45.2 Å². The molecule has 1 aliphatic rings. The summed E-state index contributed by atoms with van der Waals surface area (Å²) in [6, 6.07) is 4.23. The third kappa shape index (κ3) is 3.52. The molecule has 3 aromatic rings. The lowest BCUT2D eigenvalue weighted by Crippen LogP contribution is -2.35. The number of nitrogens with zero attached hydrogens (tertiary/aromatic N) is 5. The van der Waals surface area contributed by atoms with Gasteiger partial charge in [-0.1, -0.05) is 13.0 Å². The van der Waals surface area contributed by atoms with E-state index in [1.165, 1.54) is 23.3 Å². The van der Waals surface area contributed by atoms with Crippen LogP contribution in [-0.2, 0) is 13.1 Å². The number of piperidine rings is 1. The Balaban J connectivity index is 1.47. The van der Waals surface area contributed by atoms with Gasteiger partial charge in [-0.25, -0.2) is 0 Å². The minimum atomic E-state index is 0.472. The van der Waals surface area contributed by atoms with E-state index in [1.54, 1.807) is 11.3 Å². The van der Waals surface area contributed by atoms with E-state index < -0.39 is 0 Å². The summed E-state index contributed by atoms with van der Waals surface area (Å²) >= 11 is 1.75. The lowest BCUT2D eigenvalue weighted by Gasteiger charge is -2.32. The lowest BCUT2D eigenvalue weighted by molar-refractivity contribution is 0.194. The smallest absolute Gasteiger partial charge is 0.137 e. The number of thiophene rings is 1. The van der Waals surface area contributed by atoms with Gasteiger partial charge in [0.25, 0.3) is 0 Å². The van der Waals surface area contributed by atoms with Crippen LogP contribution in [0.2, 0.25) is 0 Å². The van der Waals surface area contributed by atoms with E-state index in [9.17, 15) is 0 Å². The van der Waals surface area contributed by atoms with Gasteiger partial charge >= 0.3 is 0 Å². The summed E-state index contributed by atoms with van der Waals surface area (Å²) in [5.74, 6) is 1.62. The van der Waals surface area contributed by atoms with Gasteiger partial charge in [-0.05, 0) is 37.3 Å². The molecule has 0 amide bonds. The monoisotopic (exact) mass is 356 g/mol. The minimum Gasteiger partial charge on any atom is -0.317 e. The number of hydrogen-bond acceptors (Lipinski definition) is 5. The molecule has 0 radical (unpaired) electrons. The van der Waals surface area contributed by atoms with E-state index in [1.807, 2.05) is 12.5 Å². The molecule has 6 nitrogen and oxygen atoms in total. The zero-order valence-corrected chi connectivity index (χ0v) is 15.4. The molecule has 132 valence electrons. The highest BCUT2D eigenvalue weighted by molar-refractivity contribution is 7.13. The summed E-state index contributed by atoms with van der Waals surface area (Å²) in [6.07, 6.45) is 7.36. The van der Waals surface area contributed by atoms with E-state index in [-0.39, 0.29) is 0 Å². The maximum atomic E-state index is 4.42. The molecule has 3 aromatic heterocycles. The normalized spacial score (nSPS) is 18.7. The van der Waals surface area contributed by atoms with Gasteiger partial charge in [-0.2, -0.15) is 5.10 Å². The predicted molar refractivity (Wildman–Crippen MR) is 99.5 cm³/mol. The molecule has 25 heavy (non-hydrogen) atoms. The number of aromatic amines is 1. The highest BCUT2D eigenvalue weighted by Gasteiger charge is 2.26. The lowest BCUT2D eigenvalue weighted by atomic mass is 9.96. The molecule has 4 heterocycles. The second-order valence-corrected chi connectivity index (χ2v) is 7.65. The Kier molecular flexibility index (Phi) is 4.94. The molecule has 1 aliphatic heterocycles. The van der Waals surface area contributed by atoms with Crippen LogP contribution in [0.3, 0.4) is 0 Å². The van der Waals surface area contributed by atoms with Crippen LogP contribution in [-0.4, -0.2) is 43.0 Å². The van der Waals surface area contributed by atoms with Gasteiger partial charge in [-0.15, -0.1) is 21.5 Å². The molecule has 1 fully saturated rings. The van der Waals surface area contributed by atoms with Crippen LogP contribution in [0.5, 0.6) is 0 Å². The van der Waals surface area contributed by atoms with E-state index in [2.05, 4.69) is 54.3 Å². The number of likely N-dealkylation sites (tertiary alicyclic amines) is 1. The second kappa shape index (κ2) is 7.49. The molecule has 0 unspecified atom stereocenters. The van der Waals surface area contributed by atoms with E-state index in [0.29, 0.717) is 5.92 Å². The summed E-state index contributed by atoms with van der Waals surface area (Å²) in [4.78, 5) is 3.78. The Bertz CT molecular complexity index is 790. The molecule has 0 spiro atoms. The molecule has 0 aliphatic carbocycles. The maximum Gasteiger partial charge on any atom is 0.137 e. The predicted octanol–water partition coefficient (Wildman–Crippen LogP) is 3.52. The molecule has 7 heteroatoms. The van der Waals surface area contributed by atoms with Gasteiger partial charge < -0.3 is 4.57 Å². The first-order valence-corrected chi connectivity index (χ1v) is 9.89. The Morgan fingerprint density at radius 3 is 3.20 bits per heavy atom. The van der Waals surface area contributed by atoms with Crippen molar-refractivity contribution in [3.8, 4) is 10.6 Å². The fraction of sp³-hybridized carbons (Fsp3) is 0.500. The van der Waals surface area contributed by atoms with E-state index in [4.69, 9.17) is 0 Å². The SMILES string of the molecule is CCCn1cnnc1[C@@H]1CCCN(Cc2cn[nH]c2-c2cccs2)C1. The molecule has 1 saturated heterocycles. The number of hydrogen-bond donors (Lipinski definition) is 1. The van der Waals surface area contributed by atoms with Crippen molar-refractivity contribution in [3.63, 3.8) is 0 Å². The first-order valence-electron chi connectivity index (χ1n) is 9.01. The summed E-state index contributed by atoms with van der Waals surface area (Å²) in [6.45, 7) is 6.30. The highest BCUT2D eigenvalue weighted by Crippen LogP contribution is 2.30. The van der Waals surface area contributed by atoms with Crippen molar-refractivity contribution in [2.24, 2.45) is 0 Å². The molecule has 0 bridgehead atoms. The Labute approximate surface area is 151 Å². The zero-order valence-electron chi connectivity index (χ0n) is 14.6. The summed E-state index contributed by atoms with van der Waals surface area (Å²) in [5.41, 5.74) is 2.43. The molecule has 0 aromatic carbocycles. The van der Waals surface area contributed by atoms with Gasteiger partial charge in [-0.3, -0.25) is 10.00 Å². The molecule has 1 atom stereocenters. The first-order chi connectivity index (χ1) is 12.3. The topological polar surface area (TPSA) is 62.6 Å². The van der Waals surface area contributed by atoms with Crippen LogP contribution in [0.15, 0.2) is 30.0 Å². The molecular formula is C18H24N6S. The van der Waals surface area contributed by atoms with Gasteiger partial charge in [0, 0.05) is 31.1 Å². The van der Waals surface area contributed by atoms with Crippen LogP contribution >= 0.6 is 11.3 Å². The Hall–Kier alpha value is -1.99. The number of nitrogens with one attached hydrogen (secondary N) is 1. The average Bonchev–Trinajstić information content (AvgIpc) is 3.37. The molecule has 1 N–H and O–H groups in total. The van der Waals surface area contributed by atoms with Gasteiger partial charge in [0.05, 0.1) is 16.8 Å². The maximum absolute atomic E-state index is 4.42. The van der Waals surface area contributed by atoms with Gasteiger partial charge in [0.15, 0.2) is 0 Å². The van der Waals surface area contributed by atoms with Crippen molar-refractivity contribution < 1.29 is 0 Å². The quantitative estimate of drug-likeness (QED) is 0.734. The van der Waals surface area contributed by atoms with Crippen LogP contribution in [0.1, 0.15) is 43.5 Å². The third-order valence-corrected chi connectivity index (χ3v) is 5.75. The van der Waals surface area contributed by atoms with Crippen LogP contribution in [0.25, 0.3) is 10.6 Å². The number of H-pyrrole nitrogens is 1. The number of rotatable bonds is 6. The van der Waals surface area contributed by atoms with Crippen LogP contribution < -0.4 is 0 Å². The Morgan fingerprint density at radius 1 is 1.40 bits per heavy atom. The third-order valence-electron chi connectivity index (χ3n) is 4.86. The van der Waals surface area contributed by atoms with Crippen molar-refractivity contribution in [2.75, 3.05) is 13.1 Å². The summed E-state index contributed by atoms with van der Waals surface area (Å²) in [5, 5.41) is 18.1. The zero-order chi connectivity index (χ0) is 17.1. The fourth-order valence-corrected chi connectivity index (χ4v) is 4.46. The number of aromatic nitrogens is 5. The molecule has 4 rings (SSSR count). The minimum absolute atomic E-state index is 0.472. The first kappa shape index (κ1) is 16.5. The van der Waals surface area contributed by atoms with E-state index in [0.717, 1.165) is 44.1 Å². The summed E-state index contributed by atoms with van der Waals surface area (Å²) in [7, 11) is 0. The number of aryl methyl sites for hydroxylation is 1. The van der Waals surface area contributed by atoms with Crippen LogP contribution in [0.4, 0.5) is 0 Å². The molecule has 0 saturated carbocycles. The fourth-order valence-electron chi connectivity index (χ4n) is 3.71. The van der Waals surface area contributed by atoms with Crippen molar-refractivity contribution in [1.29, 1.82) is 0 Å². The van der Waals surface area contributed by atoms with Crippen molar-refractivity contribution >= 4 is 11.3 Å². The van der Waals surface area contributed by atoms with Gasteiger partial charge in [0.2, 0.25) is 0 Å². The largest absolute Gasteiger partial charge is 0.317 e. The highest BCUT2D eigenvalue weighted by atomic mass is 32.1. The second-order valence-electron chi connectivity index (χ2n) is 6.70. The van der Waals surface area contributed by atoms with Crippen LogP contribution in [0, 0.1) is 0 Å². The van der Waals surface area contributed by atoms with E-state index >= 15 is 0 Å². The molecular weight excluding hydrogens is 332 g/mol.